The summed E-state index contributed by atoms with van der Waals surface area (Å²) in [6.45, 7) is 1.74. The average Bonchev–Trinajstić information content (AvgIpc) is 2.84. The third-order valence-corrected chi connectivity index (χ3v) is 8.80. The second-order valence-electron chi connectivity index (χ2n) is 11.4. The molecule has 3 aromatic rings. The molecule has 0 radical (unpaired) electrons. The summed E-state index contributed by atoms with van der Waals surface area (Å²) in [7, 11) is 0. The predicted molar refractivity (Wildman–Crippen MR) is 140 cm³/mol. The molecule has 0 heterocycles. The van der Waals surface area contributed by atoms with E-state index in [1.807, 2.05) is 54.6 Å². The molecule has 0 saturated heterocycles. The molecule has 35 heavy (non-hydrogen) atoms. The maximum Gasteiger partial charge on any atom is 0.246 e. The Labute approximate surface area is 207 Å². The molecule has 1 atom stereocenters. The van der Waals surface area contributed by atoms with E-state index in [0.29, 0.717) is 5.41 Å². The van der Waals surface area contributed by atoms with Crippen molar-refractivity contribution in [3.05, 3.63) is 77.9 Å². The highest BCUT2D eigenvalue weighted by molar-refractivity contribution is 5.97. The minimum Gasteiger partial charge on any atom is -0.344 e. The van der Waals surface area contributed by atoms with E-state index in [0.717, 1.165) is 39.8 Å². The van der Waals surface area contributed by atoms with Gasteiger partial charge in [-0.25, -0.2) is 0 Å². The lowest BCUT2D eigenvalue weighted by Crippen LogP contribution is -2.48. The van der Waals surface area contributed by atoms with Crippen LogP contribution >= 0.6 is 0 Å². The molecule has 4 aliphatic carbocycles. The zero-order valence-electron chi connectivity index (χ0n) is 20.4. The first-order valence-electron chi connectivity index (χ1n) is 13.1. The standard InChI is InChI=1S/C31H34N2O2/c1-20(32-29(34)16-25-7-4-6-24-5-2-3-8-28(24)25)30(35)33-27-11-9-26(10-12-27)31-17-21-13-22(18-31)15-23(14-21)19-31/h2-12,20-23H,13-19H2,1H3,(H,32,34)(H,33,35). The zero-order chi connectivity index (χ0) is 24.0. The second-order valence-corrected chi connectivity index (χ2v) is 11.4. The van der Waals surface area contributed by atoms with Gasteiger partial charge in [0, 0.05) is 5.69 Å². The molecule has 7 rings (SSSR count). The van der Waals surface area contributed by atoms with E-state index in [1.54, 1.807) is 6.92 Å². The van der Waals surface area contributed by atoms with Crippen molar-refractivity contribution < 1.29 is 9.59 Å². The van der Waals surface area contributed by atoms with Crippen LogP contribution in [0.2, 0.25) is 0 Å². The number of amides is 2. The number of carbonyl (C=O) groups is 2. The molecular weight excluding hydrogens is 432 g/mol. The zero-order valence-corrected chi connectivity index (χ0v) is 20.4. The van der Waals surface area contributed by atoms with Crippen molar-refractivity contribution in [1.82, 2.24) is 5.32 Å². The van der Waals surface area contributed by atoms with Crippen LogP contribution in [0.4, 0.5) is 5.69 Å². The van der Waals surface area contributed by atoms with E-state index in [1.165, 1.54) is 44.1 Å². The Balaban J connectivity index is 1.07. The number of benzene rings is 3. The van der Waals surface area contributed by atoms with Gasteiger partial charge < -0.3 is 10.6 Å². The molecular formula is C31H34N2O2. The lowest BCUT2D eigenvalue weighted by atomic mass is 9.48. The number of carbonyl (C=O) groups excluding carboxylic acids is 2. The van der Waals surface area contributed by atoms with Crippen LogP contribution < -0.4 is 10.6 Å². The molecule has 3 aromatic carbocycles. The minimum atomic E-state index is -0.611. The molecule has 4 saturated carbocycles. The van der Waals surface area contributed by atoms with Crippen LogP contribution in [0.3, 0.4) is 0 Å². The van der Waals surface area contributed by atoms with Crippen LogP contribution in [-0.2, 0) is 21.4 Å². The third kappa shape index (κ3) is 4.35. The summed E-state index contributed by atoms with van der Waals surface area (Å²) in [4.78, 5) is 25.5. The number of hydrogen-bond acceptors (Lipinski definition) is 2. The van der Waals surface area contributed by atoms with Gasteiger partial charge in [-0.1, -0.05) is 54.6 Å². The van der Waals surface area contributed by atoms with E-state index < -0.39 is 6.04 Å². The molecule has 4 fully saturated rings. The molecule has 4 aliphatic rings. The largest absolute Gasteiger partial charge is 0.344 e. The van der Waals surface area contributed by atoms with Crippen molar-refractivity contribution in [2.45, 2.75) is 63.3 Å². The molecule has 180 valence electrons. The second kappa shape index (κ2) is 8.82. The Morgan fingerprint density at radius 2 is 1.49 bits per heavy atom. The normalized spacial score (nSPS) is 27.5. The molecule has 0 aromatic heterocycles. The van der Waals surface area contributed by atoms with Gasteiger partial charge in [-0.3, -0.25) is 9.59 Å². The van der Waals surface area contributed by atoms with Crippen LogP contribution in [0, 0.1) is 17.8 Å². The van der Waals surface area contributed by atoms with Gasteiger partial charge in [-0.15, -0.1) is 0 Å². The fourth-order valence-corrected chi connectivity index (χ4v) is 7.60. The van der Waals surface area contributed by atoms with Crippen molar-refractivity contribution >= 4 is 28.3 Å². The summed E-state index contributed by atoms with van der Waals surface area (Å²) in [5.74, 6) is 2.40. The van der Waals surface area contributed by atoms with Gasteiger partial charge in [0.25, 0.3) is 0 Å². The Kier molecular flexibility index (Phi) is 5.63. The molecule has 4 heteroatoms. The molecule has 0 aliphatic heterocycles. The van der Waals surface area contributed by atoms with Crippen molar-refractivity contribution in [2.75, 3.05) is 5.32 Å². The average molecular weight is 467 g/mol. The molecule has 2 amide bonds. The van der Waals surface area contributed by atoms with Gasteiger partial charge in [0.2, 0.25) is 11.8 Å². The Morgan fingerprint density at radius 1 is 0.857 bits per heavy atom. The summed E-state index contributed by atoms with van der Waals surface area (Å²) < 4.78 is 0. The molecule has 1 unspecified atom stereocenters. The lowest BCUT2D eigenvalue weighted by Gasteiger charge is -2.57. The predicted octanol–water partition coefficient (Wildman–Crippen LogP) is 5.99. The van der Waals surface area contributed by atoms with Crippen molar-refractivity contribution in [1.29, 1.82) is 0 Å². The molecule has 4 nitrogen and oxygen atoms in total. The highest BCUT2D eigenvalue weighted by Crippen LogP contribution is 2.60. The first-order chi connectivity index (χ1) is 17.0. The molecule has 0 spiro atoms. The quantitative estimate of drug-likeness (QED) is 0.469. The van der Waals surface area contributed by atoms with E-state index in [9.17, 15) is 9.59 Å². The van der Waals surface area contributed by atoms with Gasteiger partial charge in [0.15, 0.2) is 0 Å². The summed E-state index contributed by atoms with van der Waals surface area (Å²) in [5.41, 5.74) is 3.57. The fourth-order valence-electron chi connectivity index (χ4n) is 7.60. The topological polar surface area (TPSA) is 58.2 Å². The monoisotopic (exact) mass is 466 g/mol. The first-order valence-corrected chi connectivity index (χ1v) is 13.1. The van der Waals surface area contributed by atoms with E-state index >= 15 is 0 Å². The van der Waals surface area contributed by atoms with Gasteiger partial charge in [0.1, 0.15) is 6.04 Å². The summed E-state index contributed by atoms with van der Waals surface area (Å²) in [6.07, 6.45) is 8.59. The fraction of sp³-hybridized carbons (Fsp3) is 0.419. The van der Waals surface area contributed by atoms with Gasteiger partial charge in [0.05, 0.1) is 6.42 Å². The number of fused-ring (bicyclic) bond motifs is 1. The maximum absolute atomic E-state index is 12.8. The number of rotatable bonds is 6. The highest BCUT2D eigenvalue weighted by atomic mass is 16.2. The smallest absolute Gasteiger partial charge is 0.246 e. The summed E-state index contributed by atoms with van der Waals surface area (Å²) >= 11 is 0. The minimum absolute atomic E-state index is 0.152. The third-order valence-electron chi connectivity index (χ3n) is 8.80. The van der Waals surface area contributed by atoms with Gasteiger partial charge in [-0.2, -0.15) is 0 Å². The van der Waals surface area contributed by atoms with Crippen LogP contribution in [0.25, 0.3) is 10.8 Å². The maximum atomic E-state index is 12.8. The summed E-state index contributed by atoms with van der Waals surface area (Å²) in [6, 6.07) is 21.9. The SMILES string of the molecule is CC(NC(=O)Cc1cccc2ccccc12)C(=O)Nc1ccc(C23CC4CC(CC(C4)C2)C3)cc1. The van der Waals surface area contributed by atoms with Crippen LogP contribution in [0.15, 0.2) is 66.7 Å². The van der Waals surface area contributed by atoms with Crippen LogP contribution in [-0.4, -0.2) is 17.9 Å². The number of hydrogen-bond donors (Lipinski definition) is 2. The van der Waals surface area contributed by atoms with Crippen molar-refractivity contribution in [2.24, 2.45) is 17.8 Å². The van der Waals surface area contributed by atoms with E-state index in [2.05, 4.69) is 22.8 Å². The highest BCUT2D eigenvalue weighted by Gasteiger charge is 2.51. The Morgan fingerprint density at radius 3 is 2.17 bits per heavy atom. The van der Waals surface area contributed by atoms with Crippen LogP contribution in [0.5, 0.6) is 0 Å². The number of nitrogens with one attached hydrogen (secondary N) is 2. The van der Waals surface area contributed by atoms with Gasteiger partial charge in [-0.05, 0) is 103 Å². The van der Waals surface area contributed by atoms with Crippen LogP contribution in [0.1, 0.15) is 56.6 Å². The van der Waals surface area contributed by atoms with Crippen molar-refractivity contribution in [3.8, 4) is 0 Å². The Bertz CT molecular complexity index is 1220. The lowest BCUT2D eigenvalue weighted by molar-refractivity contribution is -0.125. The van der Waals surface area contributed by atoms with Gasteiger partial charge >= 0.3 is 0 Å². The molecule has 2 N–H and O–H groups in total. The van der Waals surface area contributed by atoms with E-state index in [4.69, 9.17) is 0 Å². The van der Waals surface area contributed by atoms with E-state index in [-0.39, 0.29) is 18.2 Å². The number of anilines is 1. The Hall–Kier alpha value is -3.14. The van der Waals surface area contributed by atoms with Crippen molar-refractivity contribution in [3.63, 3.8) is 0 Å². The first kappa shape index (κ1) is 22.3. The molecule has 4 bridgehead atoms. The summed E-state index contributed by atoms with van der Waals surface area (Å²) in [5, 5.41) is 8.03.